The summed E-state index contributed by atoms with van der Waals surface area (Å²) in [6.07, 6.45) is 1.71. The van der Waals surface area contributed by atoms with E-state index in [0.29, 0.717) is 17.1 Å². The van der Waals surface area contributed by atoms with E-state index in [0.717, 1.165) is 21.9 Å². The maximum Gasteiger partial charge on any atom is 0.152 e. The number of nitrogens with two attached hydrogens (primary N) is 2. The number of hydrogen-bond acceptors (Lipinski definition) is 5. The van der Waals surface area contributed by atoms with Crippen LogP contribution < -0.4 is 11.6 Å². The highest BCUT2D eigenvalue weighted by Crippen LogP contribution is 2.23. The molecule has 0 bridgehead atoms. The van der Waals surface area contributed by atoms with E-state index in [2.05, 4.69) is 16.3 Å². The summed E-state index contributed by atoms with van der Waals surface area (Å²) in [5.74, 6) is 5.78. The Kier molecular flexibility index (Phi) is 4.46. The van der Waals surface area contributed by atoms with E-state index in [1.165, 1.54) is 0 Å². The third-order valence-corrected chi connectivity index (χ3v) is 3.57. The minimum absolute atomic E-state index is 0.319. The predicted molar refractivity (Wildman–Crippen MR) is 96.4 cm³/mol. The molecule has 3 rings (SSSR count). The molecule has 0 unspecified atom stereocenters. The first-order chi connectivity index (χ1) is 12.1. The van der Waals surface area contributed by atoms with Gasteiger partial charge in [0.1, 0.15) is 11.8 Å². The van der Waals surface area contributed by atoms with E-state index in [9.17, 15) is 5.26 Å². The monoisotopic (exact) mass is 331 g/mol. The minimum Gasteiger partial charge on any atom is -0.382 e. The smallest absolute Gasteiger partial charge is 0.152 e. The molecule has 0 radical (unpaired) electrons. The SMILES string of the molecule is CN(N)/N=C(\N)c1ccc(-n2cc(C#N)c(-c3ccccc3)n2)cc1. The van der Waals surface area contributed by atoms with Crippen molar-refractivity contribution in [1.82, 2.24) is 14.9 Å². The lowest BCUT2D eigenvalue weighted by atomic mass is 10.1. The average molecular weight is 331 g/mol. The summed E-state index contributed by atoms with van der Waals surface area (Å²) in [4.78, 5) is 0. The third-order valence-electron chi connectivity index (χ3n) is 3.57. The van der Waals surface area contributed by atoms with Crippen molar-refractivity contribution in [2.45, 2.75) is 0 Å². The molecule has 7 nitrogen and oxygen atoms in total. The van der Waals surface area contributed by atoms with E-state index in [1.54, 1.807) is 17.9 Å². The van der Waals surface area contributed by atoms with Gasteiger partial charge in [-0.2, -0.15) is 10.4 Å². The molecule has 124 valence electrons. The fourth-order valence-electron chi connectivity index (χ4n) is 2.41. The molecule has 25 heavy (non-hydrogen) atoms. The van der Waals surface area contributed by atoms with Crippen LogP contribution in [-0.2, 0) is 0 Å². The lowest BCUT2D eigenvalue weighted by Crippen LogP contribution is -2.25. The minimum atomic E-state index is 0.319. The van der Waals surface area contributed by atoms with Crippen molar-refractivity contribution in [2.24, 2.45) is 16.7 Å². The maximum atomic E-state index is 9.39. The predicted octanol–water partition coefficient (Wildman–Crippen LogP) is 1.84. The highest BCUT2D eigenvalue weighted by molar-refractivity contribution is 5.97. The van der Waals surface area contributed by atoms with Crippen LogP contribution in [0.2, 0.25) is 0 Å². The Hall–Kier alpha value is -3.63. The Morgan fingerprint density at radius 2 is 1.84 bits per heavy atom. The Morgan fingerprint density at radius 3 is 2.44 bits per heavy atom. The molecule has 1 aromatic heterocycles. The molecule has 0 aliphatic rings. The van der Waals surface area contributed by atoms with E-state index >= 15 is 0 Å². The molecular formula is C18H17N7. The summed E-state index contributed by atoms with van der Waals surface area (Å²) in [5.41, 5.74) is 9.50. The van der Waals surface area contributed by atoms with Crippen LogP contribution in [0.1, 0.15) is 11.1 Å². The number of nitriles is 1. The van der Waals surface area contributed by atoms with Gasteiger partial charge < -0.3 is 5.73 Å². The van der Waals surface area contributed by atoms with Gasteiger partial charge in [-0.3, -0.25) is 0 Å². The second-order valence-corrected chi connectivity index (χ2v) is 5.42. The van der Waals surface area contributed by atoms with Crippen LogP contribution in [0.15, 0.2) is 65.9 Å². The second-order valence-electron chi connectivity index (χ2n) is 5.42. The molecule has 0 saturated heterocycles. The summed E-state index contributed by atoms with van der Waals surface area (Å²) in [6.45, 7) is 0. The zero-order valence-electron chi connectivity index (χ0n) is 13.7. The summed E-state index contributed by atoms with van der Waals surface area (Å²) >= 11 is 0. The first-order valence-electron chi connectivity index (χ1n) is 7.57. The summed E-state index contributed by atoms with van der Waals surface area (Å²) in [7, 11) is 1.60. The van der Waals surface area contributed by atoms with Crippen LogP contribution in [0.3, 0.4) is 0 Å². The van der Waals surface area contributed by atoms with Crippen LogP contribution >= 0.6 is 0 Å². The summed E-state index contributed by atoms with van der Waals surface area (Å²) < 4.78 is 1.67. The van der Waals surface area contributed by atoms with Gasteiger partial charge in [0.2, 0.25) is 0 Å². The molecule has 4 N–H and O–H groups in total. The highest BCUT2D eigenvalue weighted by Gasteiger charge is 2.12. The first kappa shape index (κ1) is 16.2. The number of benzene rings is 2. The lowest BCUT2D eigenvalue weighted by molar-refractivity contribution is 0.371. The maximum absolute atomic E-state index is 9.39. The lowest BCUT2D eigenvalue weighted by Gasteiger charge is -2.07. The second kappa shape index (κ2) is 6.86. The zero-order chi connectivity index (χ0) is 17.8. The van der Waals surface area contributed by atoms with Gasteiger partial charge in [0.05, 0.1) is 11.3 Å². The molecule has 0 fully saturated rings. The number of nitrogens with zero attached hydrogens (tertiary/aromatic N) is 5. The summed E-state index contributed by atoms with van der Waals surface area (Å²) in [6, 6.07) is 19.2. The number of hydrazone groups is 1. The van der Waals surface area contributed by atoms with E-state index in [-0.39, 0.29) is 0 Å². The van der Waals surface area contributed by atoms with Crippen molar-refractivity contribution < 1.29 is 0 Å². The molecule has 0 aliphatic carbocycles. The van der Waals surface area contributed by atoms with Gasteiger partial charge in [-0.1, -0.05) is 30.3 Å². The molecule has 0 aliphatic heterocycles. The van der Waals surface area contributed by atoms with Gasteiger partial charge in [-0.15, -0.1) is 5.10 Å². The van der Waals surface area contributed by atoms with Crippen LogP contribution in [0.25, 0.3) is 16.9 Å². The normalized spacial score (nSPS) is 11.2. The number of amidine groups is 1. The van der Waals surface area contributed by atoms with Crippen LogP contribution in [0, 0.1) is 11.3 Å². The average Bonchev–Trinajstić information content (AvgIpc) is 3.06. The van der Waals surface area contributed by atoms with Crippen LogP contribution in [0.5, 0.6) is 0 Å². The van der Waals surface area contributed by atoms with Gasteiger partial charge in [-0.05, 0) is 24.3 Å². The van der Waals surface area contributed by atoms with Gasteiger partial charge in [-0.25, -0.2) is 15.6 Å². The van der Waals surface area contributed by atoms with Gasteiger partial charge in [0.15, 0.2) is 5.84 Å². The fourth-order valence-corrected chi connectivity index (χ4v) is 2.41. The van der Waals surface area contributed by atoms with Crippen molar-refractivity contribution >= 4 is 5.84 Å². The molecular weight excluding hydrogens is 314 g/mol. The molecule has 0 spiro atoms. The van der Waals surface area contributed by atoms with Gasteiger partial charge in [0, 0.05) is 24.4 Å². The third kappa shape index (κ3) is 3.49. The van der Waals surface area contributed by atoms with Crippen molar-refractivity contribution in [3.05, 3.63) is 71.9 Å². The number of hydrazine groups is 1. The molecule has 0 amide bonds. The largest absolute Gasteiger partial charge is 0.382 e. The number of aromatic nitrogens is 2. The van der Waals surface area contributed by atoms with Crippen molar-refractivity contribution in [1.29, 1.82) is 5.26 Å². The summed E-state index contributed by atoms with van der Waals surface area (Å²) in [5, 5.41) is 19.1. The van der Waals surface area contributed by atoms with Crippen molar-refractivity contribution in [3.8, 4) is 23.0 Å². The van der Waals surface area contributed by atoms with Crippen molar-refractivity contribution in [2.75, 3.05) is 7.05 Å². The molecule has 0 saturated carbocycles. The first-order valence-corrected chi connectivity index (χ1v) is 7.57. The van der Waals surface area contributed by atoms with Gasteiger partial charge in [0.25, 0.3) is 0 Å². The van der Waals surface area contributed by atoms with E-state index < -0.39 is 0 Å². The topological polar surface area (TPSA) is 109 Å². The Balaban J connectivity index is 1.96. The molecule has 2 aromatic carbocycles. The number of rotatable bonds is 4. The molecule has 0 atom stereocenters. The molecule has 1 heterocycles. The fraction of sp³-hybridized carbons (Fsp3) is 0.0556. The number of hydrogen-bond donors (Lipinski definition) is 2. The van der Waals surface area contributed by atoms with Crippen LogP contribution in [0.4, 0.5) is 0 Å². The Morgan fingerprint density at radius 1 is 1.16 bits per heavy atom. The van der Waals surface area contributed by atoms with Gasteiger partial charge >= 0.3 is 0 Å². The van der Waals surface area contributed by atoms with Crippen LogP contribution in [-0.4, -0.2) is 27.8 Å². The Bertz CT molecular complexity index is 932. The highest BCUT2D eigenvalue weighted by atomic mass is 15.6. The molecule has 7 heteroatoms. The molecule has 3 aromatic rings. The standard InChI is InChI=1S/C18H17N7/c1-24(21)23-18(20)14-7-9-16(10-8-14)25-12-15(11-19)17(22-25)13-5-3-2-4-6-13/h2-10,12H,21H2,1H3,(H2,20,23). The zero-order valence-corrected chi connectivity index (χ0v) is 13.7. The quantitative estimate of drug-likeness (QED) is 0.328. The van der Waals surface area contributed by atoms with E-state index in [1.807, 2.05) is 54.6 Å². The Labute approximate surface area is 145 Å². The van der Waals surface area contributed by atoms with Crippen molar-refractivity contribution in [3.63, 3.8) is 0 Å². The van der Waals surface area contributed by atoms with E-state index in [4.69, 9.17) is 11.6 Å².